The number of rotatable bonds is 9. The molecule has 0 saturated carbocycles. The van der Waals surface area contributed by atoms with E-state index in [0.29, 0.717) is 0 Å². The highest BCUT2D eigenvalue weighted by Crippen LogP contribution is 2.08. The first-order valence-electron chi connectivity index (χ1n) is 9.70. The number of hydrogen-bond acceptors (Lipinski definition) is 7. The maximum Gasteiger partial charge on any atom is 0.253 e. The van der Waals surface area contributed by atoms with E-state index in [4.69, 9.17) is 0 Å². The van der Waals surface area contributed by atoms with Gasteiger partial charge in [0.2, 0.25) is 0 Å². The van der Waals surface area contributed by atoms with Crippen molar-refractivity contribution in [2.45, 2.75) is 13.8 Å². The third-order valence-electron chi connectivity index (χ3n) is 4.62. The van der Waals surface area contributed by atoms with Gasteiger partial charge < -0.3 is 0 Å². The predicted octanol–water partition coefficient (Wildman–Crippen LogP) is -0.910. The smallest absolute Gasteiger partial charge is 0.253 e. The molecule has 0 aromatic heterocycles. The van der Waals surface area contributed by atoms with Gasteiger partial charge in [-0.3, -0.25) is 48.4 Å². The maximum absolute atomic E-state index is 11.7. The van der Waals surface area contributed by atoms with Crippen molar-refractivity contribution in [2.75, 3.05) is 39.3 Å². The van der Waals surface area contributed by atoms with Crippen molar-refractivity contribution in [3.05, 3.63) is 36.5 Å². The van der Waals surface area contributed by atoms with Gasteiger partial charge in [-0.1, -0.05) is 13.8 Å². The van der Waals surface area contributed by atoms with Crippen LogP contribution in [-0.4, -0.2) is 94.3 Å². The Balaban J connectivity index is 0.00000155. The van der Waals surface area contributed by atoms with Crippen molar-refractivity contribution < 1.29 is 28.8 Å². The van der Waals surface area contributed by atoms with Crippen LogP contribution in [0.4, 0.5) is 0 Å². The number of carbonyl (C=O) groups excluding carboxylic acids is 6. The van der Waals surface area contributed by atoms with E-state index in [0.717, 1.165) is 14.7 Å². The van der Waals surface area contributed by atoms with E-state index in [9.17, 15) is 28.8 Å². The zero-order valence-corrected chi connectivity index (χ0v) is 16.9. The molecule has 0 aliphatic carbocycles. The van der Waals surface area contributed by atoms with Gasteiger partial charge in [-0.15, -0.1) is 0 Å². The van der Waals surface area contributed by atoms with E-state index in [1.165, 1.54) is 36.5 Å². The Hall–Kier alpha value is -3.40. The highest BCUT2D eigenvalue weighted by atomic mass is 16.2. The van der Waals surface area contributed by atoms with Gasteiger partial charge in [0, 0.05) is 75.7 Å². The molecule has 6 amide bonds. The number of amides is 6. The van der Waals surface area contributed by atoms with Crippen LogP contribution < -0.4 is 0 Å². The molecule has 0 unspecified atom stereocenters. The normalized spacial score (nSPS) is 17.9. The molecule has 0 aromatic carbocycles. The second-order valence-corrected chi connectivity index (χ2v) is 6.33. The van der Waals surface area contributed by atoms with E-state index in [-0.39, 0.29) is 39.3 Å². The molecule has 10 heteroatoms. The van der Waals surface area contributed by atoms with Crippen LogP contribution in [0, 0.1) is 0 Å². The van der Waals surface area contributed by atoms with Gasteiger partial charge in [-0.2, -0.15) is 0 Å². The Kier molecular flexibility index (Phi) is 7.93. The lowest BCUT2D eigenvalue weighted by molar-refractivity contribution is -0.137. The average molecular weight is 416 g/mol. The molecule has 160 valence electrons. The van der Waals surface area contributed by atoms with Crippen LogP contribution in [0.2, 0.25) is 0 Å². The first kappa shape index (κ1) is 22.9. The zero-order chi connectivity index (χ0) is 22.3. The van der Waals surface area contributed by atoms with Crippen LogP contribution in [0.5, 0.6) is 0 Å². The van der Waals surface area contributed by atoms with Crippen LogP contribution in [0.15, 0.2) is 36.5 Å². The summed E-state index contributed by atoms with van der Waals surface area (Å²) < 4.78 is 0. The molecule has 0 saturated heterocycles. The fourth-order valence-electron chi connectivity index (χ4n) is 3.01. The summed E-state index contributed by atoms with van der Waals surface area (Å²) in [6.45, 7) is 5.16. The van der Waals surface area contributed by atoms with Gasteiger partial charge >= 0.3 is 0 Å². The monoisotopic (exact) mass is 416 g/mol. The lowest BCUT2D eigenvalue weighted by atomic mass is 10.3. The first-order valence-corrected chi connectivity index (χ1v) is 9.70. The molecule has 0 radical (unpaired) electrons. The van der Waals surface area contributed by atoms with E-state index in [2.05, 4.69) is 0 Å². The minimum atomic E-state index is -0.409. The molecule has 3 aliphatic rings. The predicted molar refractivity (Wildman–Crippen MR) is 105 cm³/mol. The Bertz CT molecular complexity index is 681. The quantitative estimate of drug-likeness (QED) is 0.447. The number of imide groups is 3. The Morgan fingerprint density at radius 3 is 0.900 bits per heavy atom. The molecule has 0 atom stereocenters. The van der Waals surface area contributed by atoms with E-state index in [1.807, 2.05) is 13.8 Å². The maximum atomic E-state index is 11.7. The standard InChI is InChI=1S/C18H18N4O6.C2H6/c23-13-1-2-14(24)20(13)10-7-19(8-11-21-15(25)3-4-16(21)26)9-12-22-17(27)5-6-18(22)28;1-2/h1-6H,7-12H2;1-2H3. The summed E-state index contributed by atoms with van der Waals surface area (Å²) in [5, 5.41) is 0. The van der Waals surface area contributed by atoms with Gasteiger partial charge in [-0.25, -0.2) is 0 Å². The number of hydrogen-bond donors (Lipinski definition) is 0. The van der Waals surface area contributed by atoms with E-state index in [1.54, 1.807) is 4.90 Å². The van der Waals surface area contributed by atoms with Gasteiger partial charge in [0.1, 0.15) is 0 Å². The van der Waals surface area contributed by atoms with Crippen LogP contribution in [0.1, 0.15) is 13.8 Å². The van der Waals surface area contributed by atoms with Crippen molar-refractivity contribution in [1.29, 1.82) is 0 Å². The average Bonchev–Trinajstić information content (AvgIpc) is 3.35. The molecule has 10 nitrogen and oxygen atoms in total. The summed E-state index contributed by atoms with van der Waals surface area (Å²) in [5.41, 5.74) is 0. The molecule has 0 bridgehead atoms. The molecule has 30 heavy (non-hydrogen) atoms. The van der Waals surface area contributed by atoms with Gasteiger partial charge in [0.05, 0.1) is 0 Å². The third-order valence-corrected chi connectivity index (χ3v) is 4.62. The minimum Gasteiger partial charge on any atom is -0.298 e. The van der Waals surface area contributed by atoms with Crippen LogP contribution in [0.3, 0.4) is 0 Å². The zero-order valence-electron chi connectivity index (χ0n) is 16.9. The SMILES string of the molecule is CC.O=C1C=CC(=O)N1CCN(CCN1C(=O)C=CC1=O)CCN1C(=O)C=CC1=O. The minimum absolute atomic E-state index is 0.116. The molecule has 0 spiro atoms. The van der Waals surface area contributed by atoms with Gasteiger partial charge in [-0.05, 0) is 0 Å². The van der Waals surface area contributed by atoms with E-state index >= 15 is 0 Å². The Morgan fingerprint density at radius 1 is 0.500 bits per heavy atom. The highest BCUT2D eigenvalue weighted by molar-refractivity contribution is 6.14. The Morgan fingerprint density at radius 2 is 0.700 bits per heavy atom. The van der Waals surface area contributed by atoms with Gasteiger partial charge in [0.25, 0.3) is 35.4 Å². The summed E-state index contributed by atoms with van der Waals surface area (Å²) in [7, 11) is 0. The molecular weight excluding hydrogens is 392 g/mol. The van der Waals surface area contributed by atoms with Crippen molar-refractivity contribution >= 4 is 35.4 Å². The molecule has 3 aliphatic heterocycles. The van der Waals surface area contributed by atoms with Crippen molar-refractivity contribution in [1.82, 2.24) is 19.6 Å². The van der Waals surface area contributed by atoms with Crippen LogP contribution in [-0.2, 0) is 28.8 Å². The molecule has 3 heterocycles. The summed E-state index contributed by atoms with van der Waals surface area (Å²) in [6, 6.07) is 0. The van der Waals surface area contributed by atoms with Crippen molar-refractivity contribution in [3.8, 4) is 0 Å². The number of carbonyl (C=O) groups is 6. The fraction of sp³-hybridized carbons (Fsp3) is 0.400. The molecule has 0 N–H and O–H groups in total. The highest BCUT2D eigenvalue weighted by Gasteiger charge is 2.27. The fourth-order valence-corrected chi connectivity index (χ4v) is 3.01. The summed E-state index contributed by atoms with van der Waals surface area (Å²) in [5.74, 6) is -2.45. The molecular formula is C20H24N4O6. The molecule has 0 fully saturated rings. The van der Waals surface area contributed by atoms with Crippen LogP contribution >= 0.6 is 0 Å². The topological polar surface area (TPSA) is 115 Å². The molecule has 0 aromatic rings. The lowest BCUT2D eigenvalue weighted by Crippen LogP contribution is -2.45. The second-order valence-electron chi connectivity index (χ2n) is 6.33. The summed E-state index contributed by atoms with van der Waals surface area (Å²) in [6.07, 6.45) is 7.13. The van der Waals surface area contributed by atoms with Crippen LogP contribution in [0.25, 0.3) is 0 Å². The Labute approximate surface area is 174 Å². The summed E-state index contributed by atoms with van der Waals surface area (Å²) in [4.78, 5) is 75.2. The van der Waals surface area contributed by atoms with E-state index < -0.39 is 35.4 Å². The largest absolute Gasteiger partial charge is 0.298 e. The van der Waals surface area contributed by atoms with Gasteiger partial charge in [0.15, 0.2) is 0 Å². The summed E-state index contributed by atoms with van der Waals surface area (Å²) >= 11 is 0. The second kappa shape index (κ2) is 10.4. The lowest BCUT2D eigenvalue weighted by Gasteiger charge is -2.27. The first-order chi connectivity index (χ1) is 14.4. The number of nitrogens with zero attached hydrogens (tertiary/aromatic N) is 4. The van der Waals surface area contributed by atoms with Crippen molar-refractivity contribution in [3.63, 3.8) is 0 Å². The van der Waals surface area contributed by atoms with Crippen molar-refractivity contribution in [2.24, 2.45) is 0 Å². The molecule has 3 rings (SSSR count). The third kappa shape index (κ3) is 5.35.